The van der Waals surface area contributed by atoms with E-state index in [9.17, 15) is 19.2 Å². The Hall–Kier alpha value is -6.56. The van der Waals surface area contributed by atoms with Crippen LogP contribution in [-0.2, 0) is 39.2 Å². The van der Waals surface area contributed by atoms with Gasteiger partial charge in [-0.2, -0.15) is 0 Å². The number of hydrogen-bond acceptors (Lipinski definition) is 11. The maximum Gasteiger partial charge on any atom is 3.00 e. The van der Waals surface area contributed by atoms with Crippen molar-refractivity contribution in [2.75, 3.05) is 13.2 Å². The van der Waals surface area contributed by atoms with Gasteiger partial charge >= 0.3 is 44.1 Å². The van der Waals surface area contributed by atoms with Gasteiger partial charge in [-0.1, -0.05) is 57.2 Å². The molecule has 3 heterocycles. The number of nitrogens with one attached hydrogen (secondary N) is 1. The first kappa shape index (κ1) is 48.8. The predicted octanol–water partition coefficient (Wildman–Crippen LogP) is 9.34. The Morgan fingerprint density at radius 2 is 0.984 bits per heavy atom. The van der Waals surface area contributed by atoms with E-state index in [-0.39, 0.29) is 51.2 Å². The number of rotatable bonds is 13. The summed E-state index contributed by atoms with van der Waals surface area (Å²) in [7, 11) is 0. The van der Waals surface area contributed by atoms with E-state index in [2.05, 4.69) is 38.5 Å². The molecule has 13 heteroatoms. The smallest absolute Gasteiger partial charge is 0.463 e. The second-order valence-electron chi connectivity index (χ2n) is 13.3. The third-order valence-corrected chi connectivity index (χ3v) is 8.43. The summed E-state index contributed by atoms with van der Waals surface area (Å²) < 4.78 is 20.7. The van der Waals surface area contributed by atoms with Crippen LogP contribution in [0.5, 0.6) is 17.2 Å². The first-order valence-corrected chi connectivity index (χ1v) is 19.3. The Morgan fingerprint density at radius 1 is 0.590 bits per heavy atom. The Balaban J connectivity index is 0.000000250. The van der Waals surface area contributed by atoms with Crippen molar-refractivity contribution in [2.24, 2.45) is 5.41 Å². The molecule has 0 atom stereocenters. The summed E-state index contributed by atoms with van der Waals surface area (Å²) in [4.78, 5) is 58.7. The fraction of sp³-hybridized carbons (Fsp3) is 0.229. The number of hydrogen-bond donors (Lipinski definition) is 1. The largest absolute Gasteiger partial charge is 3.00 e. The second-order valence-corrected chi connectivity index (χ2v) is 13.3. The minimum atomic E-state index is -0.617. The summed E-state index contributed by atoms with van der Waals surface area (Å²) in [6.45, 7) is 9.36. The first-order chi connectivity index (χ1) is 29.0. The minimum absolute atomic E-state index is 0. The number of aromatic nitrogens is 3. The molecule has 0 aliphatic heterocycles. The van der Waals surface area contributed by atoms with Crippen molar-refractivity contribution in [3.8, 4) is 51.0 Å². The van der Waals surface area contributed by atoms with Gasteiger partial charge in [-0.3, -0.25) is 14.4 Å². The molecule has 1 N–H and O–H groups in total. The van der Waals surface area contributed by atoms with Crippen LogP contribution in [0.25, 0.3) is 33.8 Å². The number of carbonyl (C=O) groups is 4. The van der Waals surface area contributed by atoms with Gasteiger partial charge < -0.3 is 39.2 Å². The van der Waals surface area contributed by atoms with E-state index in [1.165, 1.54) is 0 Å². The van der Waals surface area contributed by atoms with E-state index in [4.69, 9.17) is 18.9 Å². The molecule has 3 aromatic carbocycles. The van der Waals surface area contributed by atoms with Crippen LogP contribution in [0.15, 0.2) is 128 Å². The van der Waals surface area contributed by atoms with Crippen molar-refractivity contribution in [1.82, 2.24) is 20.3 Å². The molecule has 0 saturated carbocycles. The third-order valence-electron chi connectivity index (χ3n) is 8.43. The number of carbonyl (C=O) groups excluding carboxylic acids is 4. The second kappa shape index (κ2) is 25.8. The summed E-state index contributed by atoms with van der Waals surface area (Å²) in [5, 5.41) is 2.55. The van der Waals surface area contributed by atoms with Crippen LogP contribution in [0.3, 0.4) is 0 Å². The summed E-state index contributed by atoms with van der Waals surface area (Å²) in [5.74, 6) is 0.652. The number of amides is 1. The fourth-order valence-corrected chi connectivity index (χ4v) is 4.72. The van der Waals surface area contributed by atoms with Gasteiger partial charge in [0.25, 0.3) is 0 Å². The molecule has 0 fully saturated rings. The summed E-state index contributed by atoms with van der Waals surface area (Å²) in [6, 6.07) is 41.4. The van der Waals surface area contributed by atoms with E-state index in [1.807, 2.05) is 75.4 Å². The normalized spacial score (nSPS) is 10.2. The standard InChI is InChI=1S/C20H23N2O4.2C14H12NO2.Ir/c1-4-20(2,3)18(23)25-13-12-22-19(24)26-16-9-7-8-15(14-16)17-10-5-6-11-21-17;2*1-2-14(16)17-12-7-5-6-11(10-12)13-8-3-4-9-15-13;/h5-7,9-11,14H,4,12-13H2,1-3H3,(H,22,24);2*3-5,7-10H,2H2,1H3;/q3*-1;+3. The van der Waals surface area contributed by atoms with Gasteiger partial charge in [0.05, 0.1) is 29.2 Å². The van der Waals surface area contributed by atoms with Crippen molar-refractivity contribution in [1.29, 1.82) is 0 Å². The van der Waals surface area contributed by atoms with E-state index < -0.39 is 11.5 Å². The maximum absolute atomic E-state index is 11.9. The number of nitrogens with zero attached hydrogens (tertiary/aromatic N) is 3. The topological polar surface area (TPSA) is 156 Å². The monoisotopic (exact) mass is 1000 g/mol. The number of pyridine rings is 3. The van der Waals surface area contributed by atoms with Crippen molar-refractivity contribution < 1.29 is 58.2 Å². The molecule has 0 aliphatic rings. The molecule has 0 radical (unpaired) electrons. The number of benzene rings is 3. The molecule has 6 rings (SSSR count). The Morgan fingerprint density at radius 3 is 1.33 bits per heavy atom. The van der Waals surface area contributed by atoms with E-state index >= 15 is 0 Å². The van der Waals surface area contributed by atoms with Gasteiger partial charge in [-0.05, 0) is 55.5 Å². The van der Waals surface area contributed by atoms with Crippen LogP contribution >= 0.6 is 0 Å². The van der Waals surface area contributed by atoms with Crippen LogP contribution in [0.4, 0.5) is 4.79 Å². The van der Waals surface area contributed by atoms with Crippen molar-refractivity contribution >= 4 is 24.0 Å². The molecule has 1 amide bonds. The molecule has 12 nitrogen and oxygen atoms in total. The number of esters is 3. The third kappa shape index (κ3) is 16.9. The Labute approximate surface area is 370 Å². The molecule has 0 aliphatic carbocycles. The van der Waals surface area contributed by atoms with Gasteiger partial charge in [0, 0.05) is 31.4 Å². The zero-order chi connectivity index (χ0) is 43.2. The van der Waals surface area contributed by atoms with Gasteiger partial charge in [-0.25, -0.2) is 4.79 Å². The predicted molar refractivity (Wildman–Crippen MR) is 226 cm³/mol. The van der Waals surface area contributed by atoms with E-state index in [1.54, 1.807) is 87.0 Å². The molecular weight excluding hydrogens is 953 g/mol. The first-order valence-electron chi connectivity index (χ1n) is 19.3. The average Bonchev–Trinajstić information content (AvgIpc) is 3.29. The van der Waals surface area contributed by atoms with Crippen LogP contribution in [0.2, 0.25) is 0 Å². The fourth-order valence-electron chi connectivity index (χ4n) is 4.72. The maximum atomic E-state index is 11.9. The molecule has 0 bridgehead atoms. The minimum Gasteiger partial charge on any atom is -0.463 e. The quantitative estimate of drug-likeness (QED) is 0.0509. The molecule has 6 aromatic rings. The molecule has 0 spiro atoms. The summed E-state index contributed by atoms with van der Waals surface area (Å²) in [5.41, 5.74) is 4.18. The molecule has 0 unspecified atom stereocenters. The summed E-state index contributed by atoms with van der Waals surface area (Å²) >= 11 is 0. The molecule has 3 aromatic heterocycles. The van der Waals surface area contributed by atoms with Crippen molar-refractivity contribution in [3.63, 3.8) is 0 Å². The SMILES string of the molecule is CCC(=O)Oc1cc[c-]c(-c2ccccn2)c1.CCC(=O)Oc1cc[c-]c(-c2ccccn2)c1.CCC(C)(C)C(=O)OCCNC(=O)Oc1cc[c-]c(-c2ccccn2)c1.[Ir+3]. The van der Waals surface area contributed by atoms with Crippen LogP contribution in [0.1, 0.15) is 53.9 Å². The Kier molecular flexibility index (Phi) is 20.7. The number of ether oxygens (including phenoxy) is 4. The Bertz CT molecular complexity index is 2180. The molecular formula is C48H47IrN4O8. The summed E-state index contributed by atoms with van der Waals surface area (Å²) in [6.07, 6.45) is 5.90. The van der Waals surface area contributed by atoms with Gasteiger partial charge in [0.1, 0.15) is 6.61 Å². The zero-order valence-electron chi connectivity index (χ0n) is 34.6. The van der Waals surface area contributed by atoms with Crippen molar-refractivity contribution in [2.45, 2.75) is 53.9 Å². The van der Waals surface area contributed by atoms with Gasteiger partial charge in [0.15, 0.2) is 0 Å². The van der Waals surface area contributed by atoms with Crippen molar-refractivity contribution in [3.05, 3.63) is 146 Å². The van der Waals surface area contributed by atoms with Crippen LogP contribution < -0.4 is 19.5 Å². The van der Waals surface area contributed by atoms with Crippen LogP contribution in [0, 0.1) is 23.6 Å². The van der Waals surface area contributed by atoms with Crippen LogP contribution in [-0.4, -0.2) is 52.1 Å². The average molecular weight is 1000 g/mol. The van der Waals surface area contributed by atoms with Gasteiger partial charge in [0.2, 0.25) is 0 Å². The molecule has 0 saturated heterocycles. The molecule has 316 valence electrons. The van der Waals surface area contributed by atoms with Gasteiger partial charge in [-0.15, -0.1) is 89.5 Å². The molecule has 61 heavy (non-hydrogen) atoms. The zero-order valence-corrected chi connectivity index (χ0v) is 37.0. The van der Waals surface area contributed by atoms with E-state index in [0.29, 0.717) is 36.5 Å². The van der Waals surface area contributed by atoms with E-state index in [0.717, 1.165) is 33.8 Å².